The zero-order valence-corrected chi connectivity index (χ0v) is 23.1. The molecule has 0 atom stereocenters. The Bertz CT molecular complexity index is 1450. The lowest BCUT2D eigenvalue weighted by atomic mass is 10.0. The van der Waals surface area contributed by atoms with Gasteiger partial charge in [-0.1, -0.05) is 37.4 Å². The summed E-state index contributed by atoms with van der Waals surface area (Å²) in [6, 6.07) is 18.8. The number of hydrogen-bond acceptors (Lipinski definition) is 9. The number of ether oxygens (including phenoxy) is 5. The highest BCUT2D eigenvalue weighted by Gasteiger charge is 2.16. The van der Waals surface area contributed by atoms with Gasteiger partial charge in [-0.15, -0.1) is 0 Å². The Morgan fingerprint density at radius 3 is 1.95 bits per heavy atom. The van der Waals surface area contributed by atoms with Crippen LogP contribution in [-0.4, -0.2) is 44.2 Å². The highest BCUT2D eigenvalue weighted by molar-refractivity contribution is 5.94. The van der Waals surface area contributed by atoms with Crippen LogP contribution >= 0.6 is 0 Å². The molecule has 41 heavy (non-hydrogen) atoms. The number of benzene rings is 3. The fourth-order valence-corrected chi connectivity index (χ4v) is 3.42. The molecule has 0 bridgehead atoms. The van der Waals surface area contributed by atoms with Gasteiger partial charge in [0.15, 0.2) is 0 Å². The van der Waals surface area contributed by atoms with Crippen molar-refractivity contribution in [3.8, 4) is 28.4 Å². The van der Waals surface area contributed by atoms with E-state index in [1.807, 2.05) is 12.1 Å². The van der Waals surface area contributed by atoms with Crippen molar-refractivity contribution in [3.63, 3.8) is 0 Å². The van der Waals surface area contributed by atoms with Gasteiger partial charge in [0, 0.05) is 11.1 Å². The Labute approximate surface area is 237 Å². The molecule has 0 aliphatic heterocycles. The lowest BCUT2D eigenvalue weighted by Crippen LogP contribution is -2.15. The topological polar surface area (TPSA) is 114 Å². The number of hydrogen-bond donors (Lipinski definition) is 0. The Morgan fingerprint density at radius 1 is 0.756 bits per heavy atom. The molecule has 3 rings (SSSR count). The molecule has 0 saturated carbocycles. The lowest BCUT2D eigenvalue weighted by molar-refractivity contribution is -0.141. The van der Waals surface area contributed by atoms with Gasteiger partial charge < -0.3 is 23.7 Å². The quantitative estimate of drug-likeness (QED) is 0.125. The van der Waals surface area contributed by atoms with Gasteiger partial charge in [-0.2, -0.15) is 0 Å². The van der Waals surface area contributed by atoms with E-state index < -0.39 is 23.9 Å². The van der Waals surface area contributed by atoms with Gasteiger partial charge in [0.25, 0.3) is 0 Å². The molecule has 3 aromatic carbocycles. The average Bonchev–Trinajstić information content (AvgIpc) is 2.96. The maximum absolute atomic E-state index is 12.7. The number of carbonyl (C=O) groups excluding carboxylic acids is 4. The summed E-state index contributed by atoms with van der Waals surface area (Å²) < 4.78 is 25.9. The van der Waals surface area contributed by atoms with Gasteiger partial charge in [0.2, 0.25) is 0 Å². The highest BCUT2D eigenvalue weighted by Crippen LogP contribution is 2.26. The minimum absolute atomic E-state index is 0.0433. The molecule has 0 fully saturated rings. The minimum Gasteiger partial charge on any atom is -0.490 e. The summed E-state index contributed by atoms with van der Waals surface area (Å²) in [7, 11) is 1.21. The van der Waals surface area contributed by atoms with Crippen LogP contribution in [0.25, 0.3) is 11.1 Å². The van der Waals surface area contributed by atoms with E-state index in [9.17, 15) is 19.2 Å². The SMILES string of the molecule is C=C(C)C(=O)OCCOc1ccc(-c2ccc(C(=O)Oc3ccc(OC(=O)C(=C)CC(=O)OC)c(C)c3)cc2)cc1. The van der Waals surface area contributed by atoms with Crippen molar-refractivity contribution in [3.05, 3.63) is 102 Å². The summed E-state index contributed by atoms with van der Waals surface area (Å²) in [4.78, 5) is 47.6. The molecule has 0 heterocycles. The molecule has 0 N–H and O–H groups in total. The van der Waals surface area contributed by atoms with E-state index in [1.54, 1.807) is 56.3 Å². The first-order valence-corrected chi connectivity index (χ1v) is 12.5. The predicted octanol–water partition coefficient (Wildman–Crippen LogP) is 5.40. The second-order valence-corrected chi connectivity index (χ2v) is 8.93. The number of methoxy groups -OCH3 is 1. The molecule has 0 unspecified atom stereocenters. The van der Waals surface area contributed by atoms with Crippen molar-refractivity contribution in [1.82, 2.24) is 0 Å². The van der Waals surface area contributed by atoms with Crippen molar-refractivity contribution in [2.24, 2.45) is 0 Å². The van der Waals surface area contributed by atoms with Crippen LogP contribution in [-0.2, 0) is 23.9 Å². The van der Waals surface area contributed by atoms with E-state index in [0.29, 0.717) is 22.4 Å². The zero-order valence-electron chi connectivity index (χ0n) is 23.1. The number of aryl methyl sites for hydroxylation is 1. The molecular weight excluding hydrogens is 528 g/mol. The molecular formula is C32H30O9. The van der Waals surface area contributed by atoms with Gasteiger partial charge in [0.1, 0.15) is 30.5 Å². The summed E-state index contributed by atoms with van der Waals surface area (Å²) >= 11 is 0. The summed E-state index contributed by atoms with van der Waals surface area (Å²) in [5, 5.41) is 0. The van der Waals surface area contributed by atoms with Crippen molar-refractivity contribution in [2.45, 2.75) is 20.3 Å². The van der Waals surface area contributed by atoms with Crippen LogP contribution < -0.4 is 14.2 Å². The molecule has 0 aliphatic rings. The average molecular weight is 559 g/mol. The Kier molecular flexibility index (Phi) is 10.6. The molecule has 9 nitrogen and oxygen atoms in total. The fraction of sp³-hybridized carbons (Fsp3) is 0.188. The van der Waals surface area contributed by atoms with E-state index in [2.05, 4.69) is 17.9 Å². The molecule has 9 heteroatoms. The Hall–Kier alpha value is -5.18. The van der Waals surface area contributed by atoms with Crippen LogP contribution in [0.5, 0.6) is 17.2 Å². The third-order valence-corrected chi connectivity index (χ3v) is 5.68. The second kappa shape index (κ2) is 14.3. The second-order valence-electron chi connectivity index (χ2n) is 8.93. The van der Waals surface area contributed by atoms with Gasteiger partial charge >= 0.3 is 23.9 Å². The first-order chi connectivity index (χ1) is 19.6. The molecule has 3 aromatic rings. The first kappa shape index (κ1) is 30.4. The standard InChI is InChI=1S/C32H30O9/c1-20(2)30(34)39-17-16-38-26-12-10-24(11-13-26)23-6-8-25(9-7-23)32(36)40-27-14-15-28(21(3)18-27)41-31(35)22(4)19-29(33)37-5/h6-15,18H,1,4,16-17,19H2,2-3,5H3. The van der Waals surface area contributed by atoms with Gasteiger partial charge in [-0.25, -0.2) is 14.4 Å². The van der Waals surface area contributed by atoms with Gasteiger partial charge in [-0.05, 0) is 73.0 Å². The monoisotopic (exact) mass is 558 g/mol. The number of carbonyl (C=O) groups is 4. The smallest absolute Gasteiger partial charge is 0.343 e. The number of esters is 4. The third-order valence-electron chi connectivity index (χ3n) is 5.68. The molecule has 0 aliphatic carbocycles. The molecule has 0 spiro atoms. The summed E-state index contributed by atoms with van der Waals surface area (Å²) in [5.41, 5.74) is 2.99. The minimum atomic E-state index is -0.757. The maximum Gasteiger partial charge on any atom is 0.343 e. The molecule has 0 saturated heterocycles. The van der Waals surface area contributed by atoms with E-state index in [1.165, 1.54) is 19.2 Å². The molecule has 0 aromatic heterocycles. The van der Waals surface area contributed by atoms with Gasteiger partial charge in [0.05, 0.1) is 19.1 Å². The molecule has 0 amide bonds. The third kappa shape index (κ3) is 8.93. The van der Waals surface area contributed by atoms with E-state index in [4.69, 9.17) is 18.9 Å². The first-order valence-electron chi connectivity index (χ1n) is 12.5. The summed E-state index contributed by atoms with van der Waals surface area (Å²) in [6.07, 6.45) is -0.279. The van der Waals surface area contributed by atoms with E-state index in [0.717, 1.165) is 11.1 Å². The zero-order chi connectivity index (χ0) is 29.9. The van der Waals surface area contributed by atoms with Crippen molar-refractivity contribution in [2.75, 3.05) is 20.3 Å². The molecule has 0 radical (unpaired) electrons. The predicted molar refractivity (Wildman–Crippen MR) is 151 cm³/mol. The Balaban J connectivity index is 1.54. The van der Waals surface area contributed by atoms with Gasteiger partial charge in [-0.3, -0.25) is 4.79 Å². The summed E-state index contributed by atoms with van der Waals surface area (Å²) in [6.45, 7) is 10.7. The van der Waals surface area contributed by atoms with E-state index in [-0.39, 0.29) is 36.7 Å². The van der Waals surface area contributed by atoms with Crippen molar-refractivity contribution < 1.29 is 42.9 Å². The van der Waals surface area contributed by atoms with E-state index >= 15 is 0 Å². The van der Waals surface area contributed by atoms with Crippen LogP contribution in [0.4, 0.5) is 0 Å². The molecule has 212 valence electrons. The largest absolute Gasteiger partial charge is 0.490 e. The van der Waals surface area contributed by atoms with Crippen LogP contribution in [0.15, 0.2) is 91.0 Å². The Morgan fingerprint density at radius 2 is 1.37 bits per heavy atom. The maximum atomic E-state index is 12.7. The highest BCUT2D eigenvalue weighted by atomic mass is 16.6. The lowest BCUT2D eigenvalue weighted by Gasteiger charge is -2.11. The normalized spacial score (nSPS) is 10.2. The number of rotatable bonds is 12. The van der Waals surface area contributed by atoms with Crippen molar-refractivity contribution in [1.29, 1.82) is 0 Å². The van der Waals surface area contributed by atoms with Crippen LogP contribution in [0.2, 0.25) is 0 Å². The van der Waals surface area contributed by atoms with Crippen molar-refractivity contribution >= 4 is 23.9 Å². The summed E-state index contributed by atoms with van der Waals surface area (Å²) in [5.74, 6) is -1.22. The van der Waals surface area contributed by atoms with Crippen LogP contribution in [0.3, 0.4) is 0 Å². The van der Waals surface area contributed by atoms with Crippen LogP contribution in [0, 0.1) is 6.92 Å². The van der Waals surface area contributed by atoms with Crippen LogP contribution in [0.1, 0.15) is 29.3 Å². The fourth-order valence-electron chi connectivity index (χ4n) is 3.42.